The van der Waals surface area contributed by atoms with Gasteiger partial charge in [0.2, 0.25) is 0 Å². The van der Waals surface area contributed by atoms with Gasteiger partial charge >= 0.3 is 5.97 Å². The van der Waals surface area contributed by atoms with E-state index in [4.69, 9.17) is 9.26 Å². The van der Waals surface area contributed by atoms with Gasteiger partial charge < -0.3 is 9.26 Å². The maximum absolute atomic E-state index is 12.1. The molecule has 0 aliphatic rings. The van der Waals surface area contributed by atoms with Crippen LogP contribution in [0.5, 0.6) is 5.75 Å². The lowest BCUT2D eigenvalue weighted by molar-refractivity contribution is -0.144. The van der Waals surface area contributed by atoms with Crippen molar-refractivity contribution in [1.82, 2.24) is 5.09 Å². The molecule has 0 amide bonds. The summed E-state index contributed by atoms with van der Waals surface area (Å²) >= 11 is 0. The minimum atomic E-state index is -1.00. The Balaban J connectivity index is 1.91. The van der Waals surface area contributed by atoms with Crippen molar-refractivity contribution in [3.05, 3.63) is 54.1 Å². The first-order valence-electron chi connectivity index (χ1n) is 8.49. The van der Waals surface area contributed by atoms with Crippen LogP contribution in [0.15, 0.2) is 54.1 Å². The van der Waals surface area contributed by atoms with E-state index in [2.05, 4.69) is 30.2 Å². The summed E-state index contributed by atoms with van der Waals surface area (Å²) in [6.07, 6.45) is 3.00. The second kappa shape index (κ2) is 9.55. The molecule has 0 aliphatic heterocycles. The maximum atomic E-state index is 12.1. The molecule has 2 atom stereocenters. The molecule has 134 valence electrons. The molecule has 0 heterocycles. The summed E-state index contributed by atoms with van der Waals surface area (Å²) in [6, 6.07) is 13.7. The van der Waals surface area contributed by atoms with E-state index in [1.54, 1.807) is 6.92 Å². The quantitative estimate of drug-likeness (QED) is 0.408. The molecular weight excluding hydrogens is 333 g/mol. The molecule has 2 rings (SSSR count). The minimum absolute atomic E-state index is 0.264. The molecule has 0 aliphatic carbocycles. The summed E-state index contributed by atoms with van der Waals surface area (Å²) in [5, 5.41) is 5.40. The van der Waals surface area contributed by atoms with Crippen LogP contribution in [-0.2, 0) is 9.53 Å². The number of allylic oxidation sites excluding steroid dienone is 1. The molecule has 0 spiro atoms. The number of benzene rings is 2. The van der Waals surface area contributed by atoms with E-state index >= 15 is 0 Å². The van der Waals surface area contributed by atoms with Crippen LogP contribution in [0.3, 0.4) is 0 Å². The molecule has 5 heteroatoms. The fourth-order valence-corrected chi connectivity index (χ4v) is 3.65. The Bertz CT molecular complexity index is 739. The highest BCUT2D eigenvalue weighted by Crippen LogP contribution is 2.35. The number of ether oxygens (including phenoxy) is 1. The zero-order valence-electron chi connectivity index (χ0n) is 15.3. The third-order valence-electron chi connectivity index (χ3n) is 3.71. The van der Waals surface area contributed by atoms with Gasteiger partial charge in [-0.1, -0.05) is 49.4 Å². The molecular formula is C20H26NO3P. The molecule has 2 aromatic rings. The number of hydrogen-bond donors (Lipinski definition) is 1. The summed E-state index contributed by atoms with van der Waals surface area (Å²) in [4.78, 5) is 12.1. The van der Waals surface area contributed by atoms with Crippen molar-refractivity contribution in [2.24, 2.45) is 0 Å². The van der Waals surface area contributed by atoms with Crippen LogP contribution in [-0.4, -0.2) is 25.3 Å². The third kappa shape index (κ3) is 5.84. The van der Waals surface area contributed by atoms with Crippen molar-refractivity contribution in [2.45, 2.75) is 33.2 Å². The highest BCUT2D eigenvalue weighted by atomic mass is 31.2. The summed E-state index contributed by atoms with van der Waals surface area (Å²) in [5.41, 5.74) is 1.06. The molecule has 4 nitrogen and oxygen atoms in total. The van der Waals surface area contributed by atoms with Gasteiger partial charge in [0.25, 0.3) is 0 Å². The number of carbonyl (C=O) groups is 1. The van der Waals surface area contributed by atoms with Crippen LogP contribution in [0.25, 0.3) is 10.8 Å². The second-order valence-electron chi connectivity index (χ2n) is 5.98. The number of fused-ring (bicyclic) bond motifs is 1. The van der Waals surface area contributed by atoms with Crippen LogP contribution in [0.4, 0.5) is 0 Å². The monoisotopic (exact) mass is 359 g/mol. The lowest BCUT2D eigenvalue weighted by atomic mass is 10.1. The van der Waals surface area contributed by atoms with Gasteiger partial charge in [0.15, 0.2) is 8.30 Å². The number of nitrogens with one attached hydrogen (secondary N) is 1. The van der Waals surface area contributed by atoms with Crippen LogP contribution in [0, 0.1) is 0 Å². The molecule has 0 radical (unpaired) electrons. The number of esters is 1. The predicted molar refractivity (Wildman–Crippen MR) is 105 cm³/mol. The van der Waals surface area contributed by atoms with Crippen molar-refractivity contribution in [2.75, 3.05) is 13.3 Å². The van der Waals surface area contributed by atoms with Gasteiger partial charge in [-0.2, -0.15) is 0 Å². The van der Waals surface area contributed by atoms with Crippen molar-refractivity contribution < 1.29 is 14.1 Å². The van der Waals surface area contributed by atoms with E-state index in [-0.39, 0.29) is 5.97 Å². The van der Waals surface area contributed by atoms with Crippen molar-refractivity contribution in [1.29, 1.82) is 0 Å². The van der Waals surface area contributed by atoms with Gasteiger partial charge in [-0.25, -0.2) is 0 Å². The molecule has 1 N–H and O–H groups in total. The Morgan fingerprint density at radius 2 is 1.96 bits per heavy atom. The minimum Gasteiger partial charge on any atom is -0.460 e. The van der Waals surface area contributed by atoms with Crippen molar-refractivity contribution in [3.8, 4) is 5.75 Å². The largest absolute Gasteiger partial charge is 0.460 e. The summed E-state index contributed by atoms with van der Waals surface area (Å²) in [6.45, 7) is 8.11. The smallest absolute Gasteiger partial charge is 0.323 e. The lowest BCUT2D eigenvalue weighted by Crippen LogP contribution is -2.33. The molecule has 2 aromatic carbocycles. The standard InChI is InChI=1S/C20H26NO3P/c1-5-9-15(2)14-23-20(22)16(3)21-25(4)24-19-13-8-11-17-10-6-7-12-18(17)19/h6-13,16,21H,5,14H2,1-4H3/t16-,25?/m0/s1. The van der Waals surface area contributed by atoms with E-state index in [0.29, 0.717) is 6.61 Å². The van der Waals surface area contributed by atoms with E-state index < -0.39 is 14.3 Å². The van der Waals surface area contributed by atoms with Gasteiger partial charge in [-0.15, -0.1) is 0 Å². The highest BCUT2D eigenvalue weighted by molar-refractivity contribution is 7.50. The van der Waals surface area contributed by atoms with Gasteiger partial charge in [0.05, 0.1) is 0 Å². The fourth-order valence-electron chi connectivity index (χ4n) is 2.49. The van der Waals surface area contributed by atoms with Gasteiger partial charge in [-0.05, 0) is 37.3 Å². The van der Waals surface area contributed by atoms with Crippen molar-refractivity contribution in [3.63, 3.8) is 0 Å². The molecule has 0 saturated heterocycles. The summed E-state index contributed by atoms with van der Waals surface area (Å²) in [5.74, 6) is 0.557. The molecule has 1 unspecified atom stereocenters. The Morgan fingerprint density at radius 3 is 2.72 bits per heavy atom. The topological polar surface area (TPSA) is 47.6 Å². The first-order valence-corrected chi connectivity index (χ1v) is 10.2. The van der Waals surface area contributed by atoms with Gasteiger partial charge in [0, 0.05) is 12.1 Å². The second-order valence-corrected chi connectivity index (χ2v) is 7.42. The van der Waals surface area contributed by atoms with Crippen LogP contribution in [0.2, 0.25) is 0 Å². The molecule has 0 aromatic heterocycles. The molecule has 0 fully saturated rings. The van der Waals surface area contributed by atoms with Gasteiger partial charge in [0.1, 0.15) is 18.4 Å². The van der Waals surface area contributed by atoms with Crippen molar-refractivity contribution >= 4 is 25.0 Å². The Hall–Kier alpha value is -1.90. The maximum Gasteiger partial charge on any atom is 0.323 e. The fraction of sp³-hybridized carbons (Fsp3) is 0.350. The van der Waals surface area contributed by atoms with Crippen LogP contribution >= 0.6 is 8.30 Å². The third-order valence-corrected chi connectivity index (χ3v) is 4.93. The number of carbonyl (C=O) groups excluding carboxylic acids is 1. The zero-order valence-corrected chi connectivity index (χ0v) is 16.2. The average molecular weight is 359 g/mol. The molecule has 0 saturated carbocycles. The average Bonchev–Trinajstić information content (AvgIpc) is 2.60. The number of hydrogen-bond acceptors (Lipinski definition) is 4. The molecule has 25 heavy (non-hydrogen) atoms. The highest BCUT2D eigenvalue weighted by Gasteiger charge is 2.18. The first-order chi connectivity index (χ1) is 12.0. The molecule has 0 bridgehead atoms. The predicted octanol–water partition coefficient (Wildman–Crippen LogP) is 5.04. The Kier molecular flexibility index (Phi) is 7.42. The van der Waals surface area contributed by atoms with Crippen LogP contribution < -0.4 is 9.61 Å². The van der Waals surface area contributed by atoms with E-state index in [0.717, 1.165) is 28.5 Å². The number of rotatable bonds is 8. The normalized spacial score (nSPS) is 14.2. The Labute approximate surface area is 151 Å². The van der Waals surface area contributed by atoms with Gasteiger partial charge in [-0.3, -0.25) is 9.88 Å². The SMILES string of the molecule is CCC=C(C)COC(=O)[C@H](C)NP(C)Oc1cccc2ccccc12. The van der Waals surface area contributed by atoms with E-state index in [1.807, 2.05) is 43.9 Å². The van der Waals surface area contributed by atoms with E-state index in [9.17, 15) is 4.79 Å². The first kappa shape index (κ1) is 19.4. The Morgan fingerprint density at radius 1 is 1.24 bits per heavy atom. The summed E-state index contributed by atoms with van der Waals surface area (Å²) in [7, 11) is -1.00. The lowest BCUT2D eigenvalue weighted by Gasteiger charge is -2.20. The summed E-state index contributed by atoms with van der Waals surface area (Å²) < 4.78 is 11.4. The van der Waals surface area contributed by atoms with E-state index in [1.165, 1.54) is 0 Å². The van der Waals surface area contributed by atoms with Crippen LogP contribution in [0.1, 0.15) is 27.2 Å². The zero-order chi connectivity index (χ0) is 18.2.